The van der Waals surface area contributed by atoms with E-state index in [1.165, 1.54) is 4.88 Å². The molecule has 5 N–H and O–H groups in total. The summed E-state index contributed by atoms with van der Waals surface area (Å²) in [7, 11) is 0. The van der Waals surface area contributed by atoms with Crippen LogP contribution in [0.3, 0.4) is 0 Å². The van der Waals surface area contributed by atoms with E-state index >= 15 is 0 Å². The van der Waals surface area contributed by atoms with Crippen LogP contribution in [0.25, 0.3) is 0 Å². The lowest BCUT2D eigenvalue weighted by molar-refractivity contribution is -0.129. The van der Waals surface area contributed by atoms with Crippen molar-refractivity contribution >= 4 is 34.9 Å². The Bertz CT molecular complexity index is 833. The van der Waals surface area contributed by atoms with Crippen molar-refractivity contribution in [1.82, 2.24) is 10.6 Å². The van der Waals surface area contributed by atoms with E-state index in [2.05, 4.69) is 16.7 Å². The van der Waals surface area contributed by atoms with Gasteiger partial charge in [0.05, 0.1) is 6.04 Å². The fourth-order valence-corrected chi connectivity index (χ4v) is 4.66. The number of hydrogen-bond donors (Lipinski definition) is 4. The first-order valence-electron chi connectivity index (χ1n) is 10.5. The van der Waals surface area contributed by atoms with Gasteiger partial charge in [-0.15, -0.1) is 11.3 Å². The minimum atomic E-state index is -0.773. The maximum absolute atomic E-state index is 12.7. The summed E-state index contributed by atoms with van der Waals surface area (Å²) in [6.45, 7) is 4.34. The molecular formula is C23H33N3O3S2. The number of carbonyl (C=O) groups excluding carboxylic acids is 2. The number of amides is 2. The average molecular weight is 464 g/mol. The summed E-state index contributed by atoms with van der Waals surface area (Å²) in [6, 6.07) is 6.07. The van der Waals surface area contributed by atoms with Gasteiger partial charge in [-0.25, -0.2) is 0 Å². The van der Waals surface area contributed by atoms with E-state index in [-0.39, 0.29) is 17.6 Å². The maximum atomic E-state index is 12.7. The highest BCUT2D eigenvalue weighted by Crippen LogP contribution is 2.21. The van der Waals surface area contributed by atoms with Crippen molar-refractivity contribution in [2.45, 2.75) is 51.6 Å². The fraction of sp³-hybridized carbons (Fsp3) is 0.478. The van der Waals surface area contributed by atoms with Crippen molar-refractivity contribution in [3.63, 3.8) is 0 Å². The normalized spacial score (nSPS) is 12.9. The Labute approximate surface area is 193 Å². The quantitative estimate of drug-likeness (QED) is 0.362. The number of thioether (sulfide) groups is 1. The van der Waals surface area contributed by atoms with Crippen molar-refractivity contribution in [2.75, 3.05) is 18.6 Å². The number of carbonyl (C=O) groups is 2. The Balaban J connectivity index is 1.90. The van der Waals surface area contributed by atoms with Gasteiger partial charge in [-0.3, -0.25) is 9.59 Å². The van der Waals surface area contributed by atoms with E-state index in [1.54, 1.807) is 35.2 Å². The highest BCUT2D eigenvalue weighted by atomic mass is 32.2. The number of aryl methyl sites for hydroxylation is 3. The Kier molecular flexibility index (Phi) is 10.4. The Hall–Kier alpha value is -2.03. The van der Waals surface area contributed by atoms with Crippen LogP contribution in [0.5, 0.6) is 5.75 Å². The summed E-state index contributed by atoms with van der Waals surface area (Å²) < 4.78 is 0. The second-order valence-corrected chi connectivity index (χ2v) is 9.70. The van der Waals surface area contributed by atoms with Crippen LogP contribution in [0.2, 0.25) is 0 Å². The molecule has 0 spiro atoms. The molecule has 31 heavy (non-hydrogen) atoms. The smallest absolute Gasteiger partial charge is 0.242 e. The molecule has 1 aromatic carbocycles. The molecule has 0 saturated carbocycles. The molecule has 0 radical (unpaired) electrons. The third kappa shape index (κ3) is 8.20. The van der Waals surface area contributed by atoms with Gasteiger partial charge < -0.3 is 21.5 Å². The van der Waals surface area contributed by atoms with Gasteiger partial charge in [0.25, 0.3) is 0 Å². The third-order valence-corrected chi connectivity index (χ3v) is 6.74. The predicted molar refractivity (Wildman–Crippen MR) is 130 cm³/mol. The number of nitrogens with two attached hydrogens (primary N) is 1. The molecule has 2 aromatic rings. The van der Waals surface area contributed by atoms with Crippen molar-refractivity contribution in [1.29, 1.82) is 0 Å². The van der Waals surface area contributed by atoms with Crippen LogP contribution >= 0.6 is 23.1 Å². The van der Waals surface area contributed by atoms with E-state index in [9.17, 15) is 14.7 Å². The van der Waals surface area contributed by atoms with E-state index in [0.717, 1.165) is 35.3 Å². The van der Waals surface area contributed by atoms with Crippen molar-refractivity contribution in [2.24, 2.45) is 5.73 Å². The molecule has 2 amide bonds. The molecule has 2 rings (SSSR count). The molecule has 0 unspecified atom stereocenters. The minimum absolute atomic E-state index is 0.169. The monoisotopic (exact) mass is 463 g/mol. The number of aromatic hydroxyl groups is 1. The van der Waals surface area contributed by atoms with Crippen LogP contribution < -0.4 is 16.4 Å². The maximum Gasteiger partial charge on any atom is 0.242 e. The standard InChI is InChI=1S/C23H33N3O3S2/c1-15-12-17(27)13-16(2)19(15)14-20(24)22(28)26-21(8-11-30-3)23(29)25-9-4-6-18-7-5-10-31-18/h5,7,10,12-13,20-21,27H,4,6,8-9,11,14,24H2,1-3H3,(H,25,29)(H,26,28)/t20-,21+/m0/s1. The summed E-state index contributed by atoms with van der Waals surface area (Å²) >= 11 is 3.35. The minimum Gasteiger partial charge on any atom is -0.508 e. The molecular weight excluding hydrogens is 430 g/mol. The van der Waals surface area contributed by atoms with Crippen LogP contribution in [-0.4, -0.2) is 47.6 Å². The number of thiophene rings is 1. The molecule has 0 bridgehead atoms. The van der Waals surface area contributed by atoms with Crippen molar-refractivity contribution in [3.05, 3.63) is 51.2 Å². The Morgan fingerprint density at radius 1 is 1.23 bits per heavy atom. The molecule has 0 aliphatic heterocycles. The predicted octanol–water partition coefficient (Wildman–Crippen LogP) is 2.93. The summed E-state index contributed by atoms with van der Waals surface area (Å²) in [5, 5.41) is 17.5. The fourth-order valence-electron chi connectivity index (χ4n) is 3.44. The molecule has 2 atom stereocenters. The van der Waals surface area contributed by atoms with Crippen LogP contribution in [0.1, 0.15) is 34.4 Å². The summed E-state index contributed by atoms with van der Waals surface area (Å²) in [4.78, 5) is 26.7. The first-order chi connectivity index (χ1) is 14.8. The van der Waals surface area contributed by atoms with Gasteiger partial charge in [0.1, 0.15) is 11.8 Å². The van der Waals surface area contributed by atoms with E-state index in [0.29, 0.717) is 19.4 Å². The number of nitrogens with one attached hydrogen (secondary N) is 2. The Morgan fingerprint density at radius 3 is 2.55 bits per heavy atom. The first-order valence-corrected chi connectivity index (χ1v) is 12.7. The zero-order valence-corrected chi connectivity index (χ0v) is 20.1. The van der Waals surface area contributed by atoms with Gasteiger partial charge >= 0.3 is 0 Å². The molecule has 170 valence electrons. The topological polar surface area (TPSA) is 104 Å². The van der Waals surface area contributed by atoms with Crippen LogP contribution in [0.15, 0.2) is 29.6 Å². The van der Waals surface area contributed by atoms with Crippen LogP contribution in [0, 0.1) is 13.8 Å². The molecule has 0 aliphatic rings. The SMILES string of the molecule is CSCC[C@@H](NC(=O)[C@@H](N)Cc1c(C)cc(O)cc1C)C(=O)NCCCc1cccs1. The van der Waals surface area contributed by atoms with Gasteiger partial charge in [-0.2, -0.15) is 11.8 Å². The number of benzene rings is 1. The van der Waals surface area contributed by atoms with Crippen LogP contribution in [-0.2, 0) is 22.4 Å². The molecule has 1 aromatic heterocycles. The average Bonchev–Trinajstić information content (AvgIpc) is 3.24. The molecule has 0 fully saturated rings. The highest BCUT2D eigenvalue weighted by Gasteiger charge is 2.24. The molecule has 0 aliphatic carbocycles. The molecule has 6 nitrogen and oxygen atoms in total. The lowest BCUT2D eigenvalue weighted by Crippen LogP contribution is -2.52. The largest absolute Gasteiger partial charge is 0.508 e. The zero-order valence-electron chi connectivity index (χ0n) is 18.4. The summed E-state index contributed by atoms with van der Waals surface area (Å²) in [5.41, 5.74) is 8.90. The second-order valence-electron chi connectivity index (χ2n) is 7.69. The van der Waals surface area contributed by atoms with Crippen molar-refractivity contribution < 1.29 is 14.7 Å². The van der Waals surface area contributed by atoms with Gasteiger partial charge in [0.2, 0.25) is 11.8 Å². The number of phenols is 1. The third-order valence-electron chi connectivity index (χ3n) is 5.16. The molecule has 1 heterocycles. The zero-order chi connectivity index (χ0) is 22.8. The number of hydrogen-bond acceptors (Lipinski definition) is 6. The van der Waals surface area contributed by atoms with Crippen LogP contribution in [0.4, 0.5) is 0 Å². The molecule has 8 heteroatoms. The number of phenolic OH excluding ortho intramolecular Hbond substituents is 1. The van der Waals surface area contributed by atoms with Crippen molar-refractivity contribution in [3.8, 4) is 5.75 Å². The van der Waals surface area contributed by atoms with Gasteiger partial charge in [-0.1, -0.05) is 6.07 Å². The second kappa shape index (κ2) is 12.7. The van der Waals surface area contributed by atoms with E-state index in [4.69, 9.17) is 5.73 Å². The Morgan fingerprint density at radius 2 is 1.94 bits per heavy atom. The van der Waals surface area contributed by atoms with Gasteiger partial charge in [-0.05, 0) is 91.8 Å². The van der Waals surface area contributed by atoms with E-state index < -0.39 is 12.1 Å². The van der Waals surface area contributed by atoms with E-state index in [1.807, 2.05) is 31.5 Å². The lowest BCUT2D eigenvalue weighted by Gasteiger charge is -2.21. The summed E-state index contributed by atoms with van der Waals surface area (Å²) in [6.07, 6.45) is 4.65. The first kappa shape index (κ1) is 25.2. The van der Waals surface area contributed by atoms with Gasteiger partial charge in [0.15, 0.2) is 0 Å². The lowest BCUT2D eigenvalue weighted by atomic mass is 9.96. The number of rotatable bonds is 12. The van der Waals surface area contributed by atoms with Gasteiger partial charge in [0, 0.05) is 11.4 Å². The highest BCUT2D eigenvalue weighted by molar-refractivity contribution is 7.98. The molecule has 0 saturated heterocycles. The summed E-state index contributed by atoms with van der Waals surface area (Å²) in [5.74, 6) is 0.452.